The van der Waals surface area contributed by atoms with E-state index in [1.165, 1.54) is 23.2 Å². The predicted octanol–water partition coefficient (Wildman–Crippen LogP) is 3.85. The third-order valence-corrected chi connectivity index (χ3v) is 4.10. The van der Waals surface area contributed by atoms with Crippen LogP contribution in [0.5, 0.6) is 0 Å². The Balaban J connectivity index is 1.55. The van der Waals surface area contributed by atoms with E-state index in [4.69, 9.17) is 9.72 Å². The van der Waals surface area contributed by atoms with E-state index in [2.05, 4.69) is 27.6 Å². The fraction of sp³-hybridized carbons (Fsp3) is 0.368. The molecule has 1 fully saturated rings. The maximum atomic E-state index is 11.8. The standard InChI is InChI=1S/C19H21N5O2/c1-19(2,3)26-18(25)23-24-11-14(9-21-24)17-10-20-15-7-6-13(12-4-5-12)8-16(15)22-17/h6-12H,4-5H2,1-3H3,(H,23,25). The fourth-order valence-electron chi connectivity index (χ4n) is 2.75. The summed E-state index contributed by atoms with van der Waals surface area (Å²) in [5.74, 6) is 0.672. The van der Waals surface area contributed by atoms with Gasteiger partial charge in [0.05, 0.1) is 35.3 Å². The molecule has 1 amide bonds. The first-order valence-corrected chi connectivity index (χ1v) is 8.69. The minimum atomic E-state index is -0.566. The van der Waals surface area contributed by atoms with Gasteiger partial charge in [0.2, 0.25) is 0 Å². The number of rotatable bonds is 3. The van der Waals surface area contributed by atoms with Crippen molar-refractivity contribution in [3.63, 3.8) is 0 Å². The van der Waals surface area contributed by atoms with Crippen molar-refractivity contribution in [1.82, 2.24) is 19.9 Å². The van der Waals surface area contributed by atoms with Crippen molar-refractivity contribution in [3.8, 4) is 11.3 Å². The second-order valence-corrected chi connectivity index (χ2v) is 7.56. The molecule has 0 saturated heterocycles. The fourth-order valence-corrected chi connectivity index (χ4v) is 2.75. The molecule has 0 spiro atoms. The van der Waals surface area contributed by atoms with Crippen LogP contribution in [0.3, 0.4) is 0 Å². The van der Waals surface area contributed by atoms with Crippen LogP contribution in [-0.2, 0) is 4.74 Å². The smallest absolute Gasteiger partial charge is 0.428 e. The molecule has 0 aliphatic heterocycles. The Bertz CT molecular complexity index is 969. The van der Waals surface area contributed by atoms with Crippen molar-refractivity contribution in [3.05, 3.63) is 42.4 Å². The Morgan fingerprint density at radius 1 is 1.23 bits per heavy atom. The molecule has 26 heavy (non-hydrogen) atoms. The number of benzene rings is 1. The van der Waals surface area contributed by atoms with Crippen LogP contribution in [0.25, 0.3) is 22.3 Å². The van der Waals surface area contributed by atoms with Gasteiger partial charge in [-0.15, -0.1) is 0 Å². The molecule has 1 N–H and O–H groups in total. The Kier molecular flexibility index (Phi) is 3.86. The van der Waals surface area contributed by atoms with Crippen LogP contribution >= 0.6 is 0 Å². The van der Waals surface area contributed by atoms with E-state index in [0.29, 0.717) is 11.6 Å². The second kappa shape index (κ2) is 6.09. The molecule has 1 aliphatic carbocycles. The summed E-state index contributed by atoms with van der Waals surface area (Å²) in [5.41, 5.74) is 6.54. The van der Waals surface area contributed by atoms with Crippen molar-refractivity contribution < 1.29 is 9.53 Å². The van der Waals surface area contributed by atoms with Crippen LogP contribution in [0.4, 0.5) is 4.79 Å². The molecule has 0 bridgehead atoms. The quantitative estimate of drug-likeness (QED) is 0.775. The van der Waals surface area contributed by atoms with Gasteiger partial charge in [0.25, 0.3) is 0 Å². The number of aromatic nitrogens is 4. The summed E-state index contributed by atoms with van der Waals surface area (Å²) >= 11 is 0. The van der Waals surface area contributed by atoms with Crippen LogP contribution in [0.2, 0.25) is 0 Å². The van der Waals surface area contributed by atoms with Gasteiger partial charge in [-0.2, -0.15) is 9.89 Å². The van der Waals surface area contributed by atoms with Gasteiger partial charge < -0.3 is 4.74 Å². The lowest BCUT2D eigenvalue weighted by atomic mass is 10.1. The first-order valence-electron chi connectivity index (χ1n) is 8.69. The van der Waals surface area contributed by atoms with E-state index in [9.17, 15) is 4.79 Å². The molecular weight excluding hydrogens is 330 g/mol. The van der Waals surface area contributed by atoms with Crippen molar-refractivity contribution >= 4 is 17.1 Å². The Hall–Kier alpha value is -2.96. The van der Waals surface area contributed by atoms with Gasteiger partial charge in [-0.25, -0.2) is 15.2 Å². The normalized spacial score (nSPS) is 14.4. The van der Waals surface area contributed by atoms with Crippen molar-refractivity contribution in [2.45, 2.75) is 45.1 Å². The molecule has 2 heterocycles. The number of nitrogens with one attached hydrogen (secondary N) is 1. The summed E-state index contributed by atoms with van der Waals surface area (Å²) in [6.07, 6.45) is 6.98. The molecule has 1 aliphatic rings. The van der Waals surface area contributed by atoms with E-state index in [0.717, 1.165) is 16.6 Å². The minimum absolute atomic E-state index is 0.564. The predicted molar refractivity (Wildman–Crippen MR) is 98.3 cm³/mol. The first-order chi connectivity index (χ1) is 12.4. The first kappa shape index (κ1) is 16.5. The lowest BCUT2D eigenvalue weighted by molar-refractivity contribution is 0.0609. The third-order valence-electron chi connectivity index (χ3n) is 4.10. The second-order valence-electron chi connectivity index (χ2n) is 7.56. The zero-order chi connectivity index (χ0) is 18.3. The highest BCUT2D eigenvalue weighted by Gasteiger charge is 2.23. The summed E-state index contributed by atoms with van der Waals surface area (Å²) in [6, 6.07) is 6.28. The average Bonchev–Trinajstić information content (AvgIpc) is 3.32. The number of hydrogen-bond donors (Lipinski definition) is 1. The summed E-state index contributed by atoms with van der Waals surface area (Å²) in [4.78, 5) is 22.3. The van der Waals surface area contributed by atoms with E-state index in [1.807, 2.05) is 26.8 Å². The molecule has 0 unspecified atom stereocenters. The van der Waals surface area contributed by atoms with Crippen LogP contribution in [0, 0.1) is 0 Å². The highest BCUT2D eigenvalue weighted by molar-refractivity contribution is 5.78. The molecule has 134 valence electrons. The number of amides is 1. The number of nitrogens with zero attached hydrogens (tertiary/aromatic N) is 4. The number of carbonyl (C=O) groups is 1. The number of ether oxygens (including phenoxy) is 1. The Morgan fingerprint density at radius 2 is 2.04 bits per heavy atom. The minimum Gasteiger partial charge on any atom is -0.443 e. The zero-order valence-corrected chi connectivity index (χ0v) is 15.1. The molecular formula is C19H21N5O2. The van der Waals surface area contributed by atoms with Gasteiger partial charge >= 0.3 is 6.09 Å². The van der Waals surface area contributed by atoms with E-state index in [1.54, 1.807) is 18.6 Å². The van der Waals surface area contributed by atoms with Crippen molar-refractivity contribution in [2.75, 3.05) is 5.43 Å². The monoisotopic (exact) mass is 351 g/mol. The molecule has 0 radical (unpaired) electrons. The molecule has 3 aromatic rings. The molecule has 7 heteroatoms. The Morgan fingerprint density at radius 3 is 2.77 bits per heavy atom. The molecule has 2 aromatic heterocycles. The lowest BCUT2D eigenvalue weighted by Gasteiger charge is -2.19. The third kappa shape index (κ3) is 3.66. The summed E-state index contributed by atoms with van der Waals surface area (Å²) in [6.45, 7) is 5.42. The van der Waals surface area contributed by atoms with Crippen LogP contribution in [0.15, 0.2) is 36.8 Å². The molecule has 0 atom stereocenters. The summed E-state index contributed by atoms with van der Waals surface area (Å²) in [7, 11) is 0. The molecule has 7 nitrogen and oxygen atoms in total. The number of carbonyl (C=O) groups excluding carboxylic acids is 1. The molecule has 1 saturated carbocycles. The van der Waals surface area contributed by atoms with Crippen molar-refractivity contribution in [2.24, 2.45) is 0 Å². The van der Waals surface area contributed by atoms with Gasteiger partial charge in [-0.3, -0.25) is 4.98 Å². The van der Waals surface area contributed by atoms with Gasteiger partial charge in [0.1, 0.15) is 5.60 Å². The highest BCUT2D eigenvalue weighted by atomic mass is 16.6. The van der Waals surface area contributed by atoms with E-state index >= 15 is 0 Å². The van der Waals surface area contributed by atoms with Gasteiger partial charge in [-0.05, 0) is 57.2 Å². The number of hydrogen-bond acceptors (Lipinski definition) is 5. The Labute approximate surface area is 151 Å². The van der Waals surface area contributed by atoms with E-state index in [-0.39, 0.29) is 0 Å². The summed E-state index contributed by atoms with van der Waals surface area (Å²) < 4.78 is 5.22. The maximum absolute atomic E-state index is 11.8. The molecule has 1 aromatic carbocycles. The SMILES string of the molecule is CC(C)(C)OC(=O)Nn1cc(-c2cnc3ccc(C4CC4)cc3n2)cn1. The zero-order valence-electron chi connectivity index (χ0n) is 15.1. The van der Waals surface area contributed by atoms with Crippen LogP contribution in [-0.4, -0.2) is 31.6 Å². The van der Waals surface area contributed by atoms with Crippen LogP contribution < -0.4 is 5.43 Å². The van der Waals surface area contributed by atoms with Gasteiger partial charge in [0.15, 0.2) is 0 Å². The van der Waals surface area contributed by atoms with Gasteiger partial charge in [0, 0.05) is 5.56 Å². The van der Waals surface area contributed by atoms with Gasteiger partial charge in [-0.1, -0.05) is 6.07 Å². The van der Waals surface area contributed by atoms with Crippen molar-refractivity contribution in [1.29, 1.82) is 0 Å². The lowest BCUT2D eigenvalue weighted by Crippen LogP contribution is -2.31. The highest BCUT2D eigenvalue weighted by Crippen LogP contribution is 2.40. The van der Waals surface area contributed by atoms with E-state index < -0.39 is 11.7 Å². The largest absolute Gasteiger partial charge is 0.443 e. The maximum Gasteiger partial charge on any atom is 0.428 e. The molecule has 4 rings (SSSR count). The van der Waals surface area contributed by atoms with Crippen LogP contribution in [0.1, 0.15) is 45.1 Å². The number of fused-ring (bicyclic) bond motifs is 1. The summed E-state index contributed by atoms with van der Waals surface area (Å²) in [5, 5.41) is 4.14. The topological polar surface area (TPSA) is 81.9 Å². The average molecular weight is 351 g/mol.